The predicted octanol–water partition coefficient (Wildman–Crippen LogP) is 4.79. The minimum atomic E-state index is -0.718. The highest BCUT2D eigenvalue weighted by molar-refractivity contribution is 8.00. The highest BCUT2D eigenvalue weighted by Crippen LogP contribution is 2.36. The third kappa shape index (κ3) is 4.88. The molecule has 0 amide bonds. The number of nitrogens with one attached hydrogen (secondary N) is 2. The Hall–Kier alpha value is -3.33. The normalized spacial score (nSPS) is 11.1. The van der Waals surface area contributed by atoms with Crippen molar-refractivity contribution >= 4 is 40.9 Å². The maximum Gasteiger partial charge on any atom is 0.274 e. The van der Waals surface area contributed by atoms with Crippen molar-refractivity contribution in [1.82, 2.24) is 4.57 Å². The maximum atomic E-state index is 14.3. The van der Waals surface area contributed by atoms with Crippen LogP contribution < -0.4 is 21.3 Å². The van der Waals surface area contributed by atoms with Crippen molar-refractivity contribution in [2.24, 2.45) is 12.0 Å². The minimum absolute atomic E-state index is 0.0609. The largest absolute Gasteiger partial charge is 0.394 e. The first-order valence-electron chi connectivity index (χ1n) is 9.51. The first-order chi connectivity index (χ1) is 14.8. The SMILES string of the molecule is CCSNc1ccc(Nc2ccc(F)cc2F)c(-c2cn(C)c(=O)c(N)c2C=NC)c1. The van der Waals surface area contributed by atoms with Crippen molar-refractivity contribution in [1.29, 1.82) is 0 Å². The summed E-state index contributed by atoms with van der Waals surface area (Å²) in [7, 11) is 3.19. The van der Waals surface area contributed by atoms with Gasteiger partial charge < -0.3 is 20.3 Å². The molecule has 3 aromatic rings. The average Bonchev–Trinajstić information content (AvgIpc) is 2.75. The summed E-state index contributed by atoms with van der Waals surface area (Å²) >= 11 is 1.52. The molecule has 0 spiro atoms. The lowest BCUT2D eigenvalue weighted by molar-refractivity contribution is 0.586. The lowest BCUT2D eigenvalue weighted by Gasteiger charge is -2.18. The molecule has 0 saturated carbocycles. The molecule has 0 aliphatic rings. The van der Waals surface area contributed by atoms with Crippen molar-refractivity contribution in [2.45, 2.75) is 6.92 Å². The van der Waals surface area contributed by atoms with Gasteiger partial charge in [0.25, 0.3) is 5.56 Å². The summed E-state index contributed by atoms with van der Waals surface area (Å²) in [6, 6.07) is 8.82. The van der Waals surface area contributed by atoms with Crippen LogP contribution in [0.15, 0.2) is 52.4 Å². The van der Waals surface area contributed by atoms with E-state index in [1.54, 1.807) is 26.4 Å². The Morgan fingerprint density at radius 1 is 1.16 bits per heavy atom. The Bertz CT molecular complexity index is 1190. The second-order valence-corrected chi connectivity index (χ2v) is 7.79. The molecule has 0 fully saturated rings. The van der Waals surface area contributed by atoms with Gasteiger partial charge in [-0.15, -0.1) is 0 Å². The van der Waals surface area contributed by atoms with Crippen LogP contribution in [0.2, 0.25) is 0 Å². The molecular formula is C22H23F2N5OS. The summed E-state index contributed by atoms with van der Waals surface area (Å²) in [5, 5.41) is 3.02. The Balaban J connectivity index is 2.23. The van der Waals surface area contributed by atoms with Gasteiger partial charge in [0.15, 0.2) is 0 Å². The second-order valence-electron chi connectivity index (χ2n) is 6.72. The third-order valence-corrected chi connectivity index (χ3v) is 5.23. The second kappa shape index (κ2) is 9.65. The summed E-state index contributed by atoms with van der Waals surface area (Å²) in [6.07, 6.45) is 3.18. The van der Waals surface area contributed by atoms with E-state index < -0.39 is 11.6 Å². The zero-order valence-electron chi connectivity index (χ0n) is 17.4. The molecule has 0 unspecified atom stereocenters. The number of halogens is 2. The summed E-state index contributed by atoms with van der Waals surface area (Å²) < 4.78 is 32.2. The molecule has 0 aliphatic carbocycles. The van der Waals surface area contributed by atoms with Gasteiger partial charge in [0.05, 0.1) is 5.69 Å². The number of hydrogen-bond donors (Lipinski definition) is 3. The molecule has 0 saturated heterocycles. The summed E-state index contributed by atoms with van der Waals surface area (Å²) in [4.78, 5) is 16.4. The maximum absolute atomic E-state index is 14.3. The summed E-state index contributed by atoms with van der Waals surface area (Å²) in [6.45, 7) is 2.02. The highest BCUT2D eigenvalue weighted by Gasteiger charge is 2.17. The monoisotopic (exact) mass is 443 g/mol. The number of benzene rings is 2. The van der Waals surface area contributed by atoms with Gasteiger partial charge in [-0.2, -0.15) is 0 Å². The predicted molar refractivity (Wildman–Crippen MR) is 126 cm³/mol. The fraction of sp³-hybridized carbons (Fsp3) is 0.182. The quantitative estimate of drug-likeness (QED) is 0.361. The zero-order valence-corrected chi connectivity index (χ0v) is 18.2. The number of aryl methyl sites for hydroxylation is 1. The number of nitrogens with zero attached hydrogens (tertiary/aromatic N) is 2. The Kier molecular flexibility index (Phi) is 6.96. The van der Waals surface area contributed by atoms with Crippen molar-refractivity contribution in [3.63, 3.8) is 0 Å². The molecule has 2 aromatic carbocycles. The van der Waals surface area contributed by atoms with Crippen LogP contribution in [0.1, 0.15) is 12.5 Å². The van der Waals surface area contributed by atoms with Gasteiger partial charge in [-0.05, 0) is 30.3 Å². The number of nitrogens with two attached hydrogens (primary N) is 1. The molecule has 0 aliphatic heterocycles. The van der Waals surface area contributed by atoms with Gasteiger partial charge >= 0.3 is 0 Å². The van der Waals surface area contributed by atoms with Crippen molar-refractivity contribution < 1.29 is 8.78 Å². The van der Waals surface area contributed by atoms with Crippen LogP contribution in [0.25, 0.3) is 11.1 Å². The molecule has 4 N–H and O–H groups in total. The number of anilines is 4. The van der Waals surface area contributed by atoms with Crippen LogP contribution in [0.4, 0.5) is 31.5 Å². The van der Waals surface area contributed by atoms with Crippen molar-refractivity contribution in [2.75, 3.05) is 28.6 Å². The molecule has 1 heterocycles. The standard InChI is InChI=1S/C22H23F2N5OS/c1-4-31-28-14-6-8-19(27-20-7-5-13(23)9-18(20)24)15(10-14)17-12-29(3)22(30)21(25)16(17)11-26-2/h5-12,27-28H,4,25H2,1-3H3. The first kappa shape index (κ1) is 22.4. The number of hydrogen-bond acceptors (Lipinski definition) is 6. The molecule has 0 bridgehead atoms. The fourth-order valence-electron chi connectivity index (χ4n) is 3.09. The molecule has 9 heteroatoms. The molecule has 1 aromatic heterocycles. The van der Waals surface area contributed by atoms with Crippen LogP contribution in [-0.4, -0.2) is 23.6 Å². The smallest absolute Gasteiger partial charge is 0.274 e. The number of nitrogen functional groups attached to an aromatic ring is 1. The topological polar surface area (TPSA) is 84.4 Å². The Morgan fingerprint density at radius 2 is 1.90 bits per heavy atom. The third-order valence-electron chi connectivity index (χ3n) is 4.56. The summed E-state index contributed by atoms with van der Waals surface area (Å²) in [5.41, 5.74) is 9.09. The van der Waals surface area contributed by atoms with E-state index in [-0.39, 0.29) is 16.9 Å². The van der Waals surface area contributed by atoms with Crippen LogP contribution in [0.3, 0.4) is 0 Å². The molecule has 6 nitrogen and oxygen atoms in total. The van der Waals surface area contributed by atoms with Gasteiger partial charge in [-0.25, -0.2) is 8.78 Å². The van der Waals surface area contributed by atoms with E-state index in [1.165, 1.54) is 34.9 Å². The van der Waals surface area contributed by atoms with E-state index in [1.807, 2.05) is 19.1 Å². The Labute approximate surface area is 183 Å². The van der Waals surface area contributed by atoms with Crippen molar-refractivity contribution in [3.05, 3.63) is 70.1 Å². The molecular weight excluding hydrogens is 420 g/mol. The fourth-order valence-corrected chi connectivity index (χ4v) is 3.52. The number of pyridine rings is 1. The van der Waals surface area contributed by atoms with E-state index in [0.29, 0.717) is 22.4 Å². The Morgan fingerprint density at radius 3 is 2.58 bits per heavy atom. The lowest BCUT2D eigenvalue weighted by Crippen LogP contribution is -2.22. The van der Waals surface area contributed by atoms with Crippen LogP contribution in [0, 0.1) is 11.6 Å². The van der Waals surface area contributed by atoms with Gasteiger partial charge in [0, 0.05) is 66.4 Å². The molecule has 3 rings (SSSR count). The highest BCUT2D eigenvalue weighted by atomic mass is 32.2. The number of aromatic nitrogens is 1. The van der Waals surface area contributed by atoms with E-state index in [4.69, 9.17) is 5.73 Å². The first-order valence-corrected chi connectivity index (χ1v) is 10.5. The van der Waals surface area contributed by atoms with Gasteiger partial charge in [-0.3, -0.25) is 9.79 Å². The van der Waals surface area contributed by atoms with Gasteiger partial charge in [0.2, 0.25) is 0 Å². The molecule has 31 heavy (non-hydrogen) atoms. The summed E-state index contributed by atoms with van der Waals surface area (Å²) in [5.74, 6) is -0.520. The van der Waals surface area contributed by atoms with E-state index in [9.17, 15) is 13.6 Å². The van der Waals surface area contributed by atoms with E-state index >= 15 is 0 Å². The number of rotatable bonds is 7. The van der Waals surface area contributed by atoms with E-state index in [2.05, 4.69) is 15.0 Å². The average molecular weight is 444 g/mol. The minimum Gasteiger partial charge on any atom is -0.394 e. The number of aliphatic imine (C=N–C) groups is 1. The van der Waals surface area contributed by atoms with Crippen LogP contribution in [-0.2, 0) is 7.05 Å². The van der Waals surface area contributed by atoms with Gasteiger partial charge in [0.1, 0.15) is 17.3 Å². The van der Waals surface area contributed by atoms with Crippen LogP contribution >= 0.6 is 11.9 Å². The lowest BCUT2D eigenvalue weighted by atomic mass is 9.98. The molecule has 162 valence electrons. The van der Waals surface area contributed by atoms with E-state index in [0.717, 1.165) is 17.5 Å². The van der Waals surface area contributed by atoms with Gasteiger partial charge in [-0.1, -0.05) is 18.9 Å². The van der Waals surface area contributed by atoms with Crippen LogP contribution in [0.5, 0.6) is 0 Å². The zero-order chi connectivity index (χ0) is 22.5. The molecule has 0 radical (unpaired) electrons. The molecule has 0 atom stereocenters. The van der Waals surface area contributed by atoms with Crippen molar-refractivity contribution in [3.8, 4) is 11.1 Å².